The molecule has 0 saturated heterocycles. The Hall–Kier alpha value is -3.11. The second-order valence-electron chi connectivity index (χ2n) is 6.91. The summed E-state index contributed by atoms with van der Waals surface area (Å²) in [4.78, 5) is 17.1. The predicted molar refractivity (Wildman–Crippen MR) is 109 cm³/mol. The summed E-state index contributed by atoms with van der Waals surface area (Å²) in [5.41, 5.74) is 0.887. The molecule has 1 fully saturated rings. The van der Waals surface area contributed by atoms with Crippen LogP contribution in [0.4, 0.5) is 5.13 Å². The van der Waals surface area contributed by atoms with Gasteiger partial charge in [0.1, 0.15) is 18.4 Å². The van der Waals surface area contributed by atoms with Gasteiger partial charge in [0.25, 0.3) is 0 Å². The summed E-state index contributed by atoms with van der Waals surface area (Å²) in [5, 5.41) is 18.4. The van der Waals surface area contributed by atoms with Crippen LogP contribution in [0.25, 0.3) is 16.0 Å². The molecule has 29 heavy (non-hydrogen) atoms. The van der Waals surface area contributed by atoms with Crippen LogP contribution in [0.15, 0.2) is 43.2 Å². The van der Waals surface area contributed by atoms with Crippen LogP contribution in [0.3, 0.4) is 0 Å². The van der Waals surface area contributed by atoms with Crippen LogP contribution >= 0.6 is 11.3 Å². The number of aliphatic hydroxyl groups is 1. The minimum absolute atomic E-state index is 0.0647. The quantitative estimate of drug-likeness (QED) is 0.517. The number of nitrogens with zero attached hydrogens (tertiary/aromatic N) is 6. The lowest BCUT2D eigenvalue weighted by Crippen LogP contribution is -2.36. The van der Waals surface area contributed by atoms with Crippen molar-refractivity contribution in [3.63, 3.8) is 0 Å². The highest BCUT2D eigenvalue weighted by molar-refractivity contribution is 7.22. The standard InChI is InChI=1S/C19H19N7O2S/c27-15-4-2-1-3-13(15)23-19-24-14-6-5-12(7-16(14)29-19)28-18-9-20-8-17(25-18)26-11-21-10-22-26/h5-11,13,15,27H,1-4H2,(H,23,24)/t13?,15-/m1/s1. The largest absolute Gasteiger partial charge is 0.437 e. The summed E-state index contributed by atoms with van der Waals surface area (Å²) in [6, 6.07) is 5.76. The van der Waals surface area contributed by atoms with Crippen LogP contribution < -0.4 is 10.1 Å². The molecule has 148 valence electrons. The highest BCUT2D eigenvalue weighted by Gasteiger charge is 2.23. The van der Waals surface area contributed by atoms with Crippen LogP contribution in [-0.4, -0.2) is 47.0 Å². The molecule has 4 aromatic rings. The van der Waals surface area contributed by atoms with E-state index in [0.29, 0.717) is 17.4 Å². The molecule has 0 spiro atoms. The number of fused-ring (bicyclic) bond motifs is 1. The van der Waals surface area contributed by atoms with E-state index >= 15 is 0 Å². The number of aliphatic hydroxyl groups excluding tert-OH is 1. The number of anilines is 1. The SMILES string of the molecule is O[C@@H]1CCCCC1Nc1nc2ccc(Oc3cncc(-n4cncn4)n3)cc2s1. The number of rotatable bonds is 5. The fourth-order valence-corrected chi connectivity index (χ4v) is 4.37. The average Bonchev–Trinajstić information content (AvgIpc) is 3.39. The number of ether oxygens (including phenoxy) is 1. The smallest absolute Gasteiger partial charge is 0.239 e. The van der Waals surface area contributed by atoms with Crippen LogP contribution in [-0.2, 0) is 0 Å². The van der Waals surface area contributed by atoms with Gasteiger partial charge in [-0.1, -0.05) is 24.2 Å². The predicted octanol–water partition coefficient (Wildman–Crippen LogP) is 3.17. The van der Waals surface area contributed by atoms with Gasteiger partial charge in [-0.3, -0.25) is 4.98 Å². The van der Waals surface area contributed by atoms with E-state index in [0.717, 1.165) is 41.0 Å². The summed E-state index contributed by atoms with van der Waals surface area (Å²) in [6.07, 6.45) is 9.83. The first-order chi connectivity index (χ1) is 14.2. The van der Waals surface area contributed by atoms with Gasteiger partial charge in [-0.15, -0.1) is 0 Å². The van der Waals surface area contributed by atoms with Gasteiger partial charge in [-0.05, 0) is 25.0 Å². The molecule has 1 aliphatic carbocycles. The van der Waals surface area contributed by atoms with Gasteiger partial charge in [0.2, 0.25) is 5.88 Å². The highest BCUT2D eigenvalue weighted by atomic mass is 32.1. The zero-order valence-electron chi connectivity index (χ0n) is 15.5. The molecule has 0 aliphatic heterocycles. The number of nitrogens with one attached hydrogen (secondary N) is 1. The molecule has 0 radical (unpaired) electrons. The summed E-state index contributed by atoms with van der Waals surface area (Å²) in [7, 11) is 0. The molecule has 10 heteroatoms. The zero-order valence-corrected chi connectivity index (χ0v) is 16.3. The van der Waals surface area contributed by atoms with Gasteiger partial charge in [0.05, 0.1) is 34.8 Å². The van der Waals surface area contributed by atoms with Crippen molar-refractivity contribution < 1.29 is 9.84 Å². The Kier molecular flexibility index (Phi) is 4.78. The molecule has 1 aromatic carbocycles. The van der Waals surface area contributed by atoms with Crippen LogP contribution in [0.5, 0.6) is 11.6 Å². The fourth-order valence-electron chi connectivity index (χ4n) is 3.41. The van der Waals surface area contributed by atoms with Crippen LogP contribution in [0.1, 0.15) is 25.7 Å². The number of aromatic nitrogens is 6. The molecule has 3 heterocycles. The first-order valence-corrected chi connectivity index (χ1v) is 10.3. The molecule has 1 saturated carbocycles. The minimum Gasteiger partial charge on any atom is -0.437 e. The third-order valence-electron chi connectivity index (χ3n) is 4.87. The van der Waals surface area contributed by atoms with Crippen molar-refractivity contribution in [3.05, 3.63) is 43.2 Å². The summed E-state index contributed by atoms with van der Waals surface area (Å²) < 4.78 is 8.40. The van der Waals surface area contributed by atoms with E-state index in [1.165, 1.54) is 11.0 Å². The van der Waals surface area contributed by atoms with Gasteiger partial charge >= 0.3 is 0 Å². The van der Waals surface area contributed by atoms with Crippen LogP contribution in [0, 0.1) is 0 Å². The lowest BCUT2D eigenvalue weighted by molar-refractivity contribution is 0.116. The molecule has 0 amide bonds. The molecule has 5 rings (SSSR count). The van der Waals surface area contributed by atoms with Crippen molar-refractivity contribution in [1.29, 1.82) is 0 Å². The Morgan fingerprint density at radius 1 is 1.14 bits per heavy atom. The molecule has 9 nitrogen and oxygen atoms in total. The van der Waals surface area contributed by atoms with Gasteiger partial charge in [0.15, 0.2) is 10.9 Å². The average molecular weight is 409 g/mol. The van der Waals surface area contributed by atoms with Crippen molar-refractivity contribution >= 4 is 26.7 Å². The lowest BCUT2D eigenvalue weighted by Gasteiger charge is -2.27. The highest BCUT2D eigenvalue weighted by Crippen LogP contribution is 2.32. The van der Waals surface area contributed by atoms with E-state index in [4.69, 9.17) is 4.74 Å². The maximum atomic E-state index is 10.2. The Labute approximate surface area is 170 Å². The first kappa shape index (κ1) is 18.0. The van der Waals surface area contributed by atoms with E-state index in [2.05, 4.69) is 30.4 Å². The third-order valence-corrected chi connectivity index (χ3v) is 5.82. The van der Waals surface area contributed by atoms with Gasteiger partial charge < -0.3 is 15.2 Å². The van der Waals surface area contributed by atoms with E-state index in [1.54, 1.807) is 30.1 Å². The molecule has 1 aliphatic rings. The molecule has 1 unspecified atom stereocenters. The van der Waals surface area contributed by atoms with E-state index in [-0.39, 0.29) is 12.1 Å². The Morgan fingerprint density at radius 2 is 2.07 bits per heavy atom. The van der Waals surface area contributed by atoms with Crippen molar-refractivity contribution in [2.75, 3.05) is 5.32 Å². The Balaban J connectivity index is 1.34. The monoisotopic (exact) mass is 409 g/mol. The van der Waals surface area contributed by atoms with E-state index in [9.17, 15) is 5.11 Å². The van der Waals surface area contributed by atoms with Gasteiger partial charge in [0, 0.05) is 6.07 Å². The van der Waals surface area contributed by atoms with Crippen molar-refractivity contribution in [2.24, 2.45) is 0 Å². The number of thiazole rings is 1. The zero-order chi connectivity index (χ0) is 19.6. The van der Waals surface area contributed by atoms with Crippen LogP contribution in [0.2, 0.25) is 0 Å². The first-order valence-electron chi connectivity index (χ1n) is 9.45. The topological polar surface area (TPSA) is 111 Å². The van der Waals surface area contributed by atoms with E-state index in [1.807, 2.05) is 18.2 Å². The number of benzene rings is 1. The van der Waals surface area contributed by atoms with Crippen molar-refractivity contribution in [2.45, 2.75) is 37.8 Å². The third kappa shape index (κ3) is 3.89. The van der Waals surface area contributed by atoms with Gasteiger partial charge in [-0.2, -0.15) is 10.1 Å². The molecule has 3 aromatic heterocycles. The lowest BCUT2D eigenvalue weighted by atomic mass is 9.93. The molecular formula is C19H19N7O2S. The van der Waals surface area contributed by atoms with Crippen molar-refractivity contribution in [1.82, 2.24) is 29.7 Å². The second-order valence-corrected chi connectivity index (χ2v) is 7.94. The molecule has 2 N–H and O–H groups in total. The molecular weight excluding hydrogens is 390 g/mol. The summed E-state index contributed by atoms with van der Waals surface area (Å²) in [5.74, 6) is 1.54. The second kappa shape index (κ2) is 7.72. The summed E-state index contributed by atoms with van der Waals surface area (Å²) >= 11 is 1.55. The Bertz CT molecular complexity index is 1110. The number of hydrogen-bond donors (Lipinski definition) is 2. The molecule has 2 atom stereocenters. The maximum Gasteiger partial charge on any atom is 0.239 e. The van der Waals surface area contributed by atoms with Crippen molar-refractivity contribution in [3.8, 4) is 17.4 Å². The number of hydrogen-bond acceptors (Lipinski definition) is 9. The maximum absolute atomic E-state index is 10.2. The van der Waals surface area contributed by atoms with E-state index < -0.39 is 0 Å². The van der Waals surface area contributed by atoms with Gasteiger partial charge in [-0.25, -0.2) is 14.6 Å². The summed E-state index contributed by atoms with van der Waals surface area (Å²) in [6.45, 7) is 0. The molecule has 0 bridgehead atoms. The fraction of sp³-hybridized carbons (Fsp3) is 0.316. The Morgan fingerprint density at radius 3 is 2.93 bits per heavy atom. The minimum atomic E-state index is -0.314. The normalized spacial score (nSPS) is 19.3.